The highest BCUT2D eigenvalue weighted by Gasteiger charge is 2.13. The highest BCUT2D eigenvalue weighted by Crippen LogP contribution is 2.27. The second-order valence-corrected chi connectivity index (χ2v) is 6.00. The normalized spacial score (nSPS) is 10.5. The number of carbonyl (C=O) groups is 2. The molecular formula is C21H19NO4. The number of benzene rings is 2. The van der Waals surface area contributed by atoms with Crippen molar-refractivity contribution < 1.29 is 19.1 Å². The van der Waals surface area contributed by atoms with Crippen molar-refractivity contribution in [1.82, 2.24) is 0 Å². The molecule has 5 nitrogen and oxygen atoms in total. The van der Waals surface area contributed by atoms with E-state index in [0.717, 1.165) is 12.0 Å². The molecule has 1 aromatic heterocycles. The van der Waals surface area contributed by atoms with Gasteiger partial charge in [-0.15, -0.1) is 0 Å². The van der Waals surface area contributed by atoms with Crippen LogP contribution in [0.2, 0.25) is 0 Å². The van der Waals surface area contributed by atoms with Crippen LogP contribution in [-0.4, -0.2) is 17.0 Å². The first kappa shape index (κ1) is 17.5. The number of amides is 1. The Morgan fingerprint density at radius 1 is 1.04 bits per heavy atom. The number of anilines is 1. The zero-order chi connectivity index (χ0) is 18.7. The van der Waals surface area contributed by atoms with Crippen molar-refractivity contribution in [3.05, 3.63) is 77.0 Å². The highest BCUT2D eigenvalue weighted by molar-refractivity contribution is 6.05. The lowest BCUT2D eigenvalue weighted by atomic mass is 10.1. The van der Waals surface area contributed by atoms with Crippen molar-refractivity contribution in [1.29, 1.82) is 0 Å². The Morgan fingerprint density at radius 2 is 1.77 bits per heavy atom. The maximum absolute atomic E-state index is 12.5. The SMILES string of the molecule is CCc1ccc(C(=O)Nc2cc(-c3ccc(C(=O)O)o3)ccc2C)cc1. The van der Waals surface area contributed by atoms with Gasteiger partial charge in [0.2, 0.25) is 5.76 Å². The number of carboxylic acids is 1. The number of rotatable bonds is 5. The molecular weight excluding hydrogens is 330 g/mol. The summed E-state index contributed by atoms with van der Waals surface area (Å²) in [5.74, 6) is -1.00. The Labute approximate surface area is 151 Å². The van der Waals surface area contributed by atoms with Crippen LogP contribution in [0.4, 0.5) is 5.69 Å². The van der Waals surface area contributed by atoms with Crippen molar-refractivity contribution in [2.45, 2.75) is 20.3 Å². The van der Waals surface area contributed by atoms with Crippen LogP contribution in [0.3, 0.4) is 0 Å². The maximum atomic E-state index is 12.5. The molecule has 2 N–H and O–H groups in total. The Hall–Kier alpha value is -3.34. The number of aryl methyl sites for hydroxylation is 2. The van der Waals surface area contributed by atoms with Crippen molar-refractivity contribution in [3.63, 3.8) is 0 Å². The van der Waals surface area contributed by atoms with Gasteiger partial charge in [-0.25, -0.2) is 4.79 Å². The molecule has 0 bridgehead atoms. The second-order valence-electron chi connectivity index (χ2n) is 6.00. The lowest BCUT2D eigenvalue weighted by Gasteiger charge is -2.10. The van der Waals surface area contributed by atoms with Gasteiger partial charge in [-0.1, -0.05) is 31.2 Å². The second kappa shape index (κ2) is 7.27. The average Bonchev–Trinajstić information content (AvgIpc) is 3.14. The first-order valence-corrected chi connectivity index (χ1v) is 8.32. The van der Waals surface area contributed by atoms with Crippen LogP contribution in [0.1, 0.15) is 39.0 Å². The van der Waals surface area contributed by atoms with Gasteiger partial charge < -0.3 is 14.8 Å². The third-order valence-corrected chi connectivity index (χ3v) is 4.21. The third kappa shape index (κ3) is 3.67. The van der Waals surface area contributed by atoms with Crippen LogP contribution < -0.4 is 5.32 Å². The largest absolute Gasteiger partial charge is 0.475 e. The summed E-state index contributed by atoms with van der Waals surface area (Å²) in [4.78, 5) is 23.5. The van der Waals surface area contributed by atoms with E-state index in [0.29, 0.717) is 22.6 Å². The van der Waals surface area contributed by atoms with Crippen LogP contribution in [0.25, 0.3) is 11.3 Å². The highest BCUT2D eigenvalue weighted by atomic mass is 16.4. The van der Waals surface area contributed by atoms with Gasteiger partial charge in [0.05, 0.1) is 0 Å². The number of hydrogen-bond acceptors (Lipinski definition) is 3. The number of carbonyl (C=O) groups excluding carboxylic acids is 1. The van der Waals surface area contributed by atoms with Crippen LogP contribution >= 0.6 is 0 Å². The summed E-state index contributed by atoms with van der Waals surface area (Å²) in [5, 5.41) is 11.9. The Bertz CT molecular complexity index is 954. The fourth-order valence-corrected chi connectivity index (χ4v) is 2.60. The van der Waals surface area contributed by atoms with Crippen LogP contribution in [0.15, 0.2) is 59.0 Å². The molecule has 0 saturated heterocycles. The van der Waals surface area contributed by atoms with E-state index in [4.69, 9.17) is 9.52 Å². The lowest BCUT2D eigenvalue weighted by molar-refractivity contribution is 0.0663. The van der Waals surface area contributed by atoms with Gasteiger partial charge in [-0.2, -0.15) is 0 Å². The minimum Gasteiger partial charge on any atom is -0.475 e. The van der Waals surface area contributed by atoms with E-state index in [9.17, 15) is 9.59 Å². The summed E-state index contributed by atoms with van der Waals surface area (Å²) in [5.41, 5.74) is 4.00. The number of hydrogen-bond donors (Lipinski definition) is 2. The van der Waals surface area contributed by atoms with Crippen LogP contribution in [0, 0.1) is 6.92 Å². The van der Waals surface area contributed by atoms with E-state index in [1.165, 1.54) is 11.6 Å². The predicted octanol–water partition coefficient (Wildman–Crippen LogP) is 4.77. The predicted molar refractivity (Wildman–Crippen MR) is 99.6 cm³/mol. The van der Waals surface area contributed by atoms with Gasteiger partial charge in [0, 0.05) is 16.8 Å². The molecule has 0 saturated carbocycles. The molecule has 5 heteroatoms. The molecule has 0 aliphatic heterocycles. The minimum atomic E-state index is -1.12. The molecule has 132 valence electrons. The molecule has 1 amide bonds. The van der Waals surface area contributed by atoms with Gasteiger partial charge in [-0.05, 0) is 54.8 Å². The van der Waals surface area contributed by atoms with E-state index >= 15 is 0 Å². The van der Waals surface area contributed by atoms with Crippen molar-refractivity contribution in [3.8, 4) is 11.3 Å². The Balaban J connectivity index is 1.84. The zero-order valence-electron chi connectivity index (χ0n) is 14.6. The molecule has 0 radical (unpaired) electrons. The molecule has 0 fully saturated rings. The molecule has 0 aliphatic carbocycles. The van der Waals surface area contributed by atoms with Gasteiger partial charge in [-0.3, -0.25) is 4.79 Å². The lowest BCUT2D eigenvalue weighted by Crippen LogP contribution is -2.12. The van der Waals surface area contributed by atoms with Gasteiger partial charge in [0.1, 0.15) is 5.76 Å². The molecule has 1 heterocycles. The maximum Gasteiger partial charge on any atom is 0.371 e. The Kier molecular flexibility index (Phi) is 4.89. The summed E-state index contributed by atoms with van der Waals surface area (Å²) in [6.45, 7) is 3.96. The first-order valence-electron chi connectivity index (χ1n) is 8.32. The topological polar surface area (TPSA) is 79.5 Å². The molecule has 2 aromatic carbocycles. The monoisotopic (exact) mass is 349 g/mol. The average molecular weight is 349 g/mol. The van der Waals surface area contributed by atoms with Crippen molar-refractivity contribution in [2.24, 2.45) is 0 Å². The molecule has 0 unspecified atom stereocenters. The quantitative estimate of drug-likeness (QED) is 0.695. The number of furan rings is 1. The molecule has 0 spiro atoms. The van der Waals surface area contributed by atoms with E-state index in [2.05, 4.69) is 12.2 Å². The molecule has 3 rings (SSSR count). The van der Waals surface area contributed by atoms with Gasteiger partial charge in [0.15, 0.2) is 0 Å². The number of nitrogens with one attached hydrogen (secondary N) is 1. The molecule has 3 aromatic rings. The van der Waals surface area contributed by atoms with Crippen molar-refractivity contribution in [2.75, 3.05) is 5.32 Å². The van der Waals surface area contributed by atoms with Crippen LogP contribution in [0.5, 0.6) is 0 Å². The summed E-state index contributed by atoms with van der Waals surface area (Å²) in [6.07, 6.45) is 0.921. The number of carboxylic acid groups (broad SMARTS) is 1. The smallest absolute Gasteiger partial charge is 0.371 e. The zero-order valence-corrected chi connectivity index (χ0v) is 14.6. The van der Waals surface area contributed by atoms with Gasteiger partial charge >= 0.3 is 5.97 Å². The number of aromatic carboxylic acids is 1. The first-order chi connectivity index (χ1) is 12.5. The standard InChI is InChI=1S/C21H19NO4/c1-3-14-5-8-15(9-6-14)20(23)22-17-12-16(7-4-13(17)2)18-10-11-19(26-18)21(24)25/h4-12H,3H2,1-2H3,(H,22,23)(H,24,25). The Morgan fingerprint density at radius 3 is 2.38 bits per heavy atom. The van der Waals surface area contributed by atoms with E-state index in [1.54, 1.807) is 24.3 Å². The van der Waals surface area contributed by atoms with Crippen LogP contribution in [-0.2, 0) is 6.42 Å². The third-order valence-electron chi connectivity index (χ3n) is 4.21. The van der Waals surface area contributed by atoms with E-state index in [1.807, 2.05) is 31.2 Å². The molecule has 0 atom stereocenters. The van der Waals surface area contributed by atoms with Crippen molar-refractivity contribution >= 4 is 17.6 Å². The fourth-order valence-electron chi connectivity index (χ4n) is 2.60. The summed E-state index contributed by atoms with van der Waals surface area (Å²) in [6, 6.07) is 16.0. The summed E-state index contributed by atoms with van der Waals surface area (Å²) < 4.78 is 5.33. The van der Waals surface area contributed by atoms with E-state index in [-0.39, 0.29) is 11.7 Å². The van der Waals surface area contributed by atoms with E-state index < -0.39 is 5.97 Å². The summed E-state index contributed by atoms with van der Waals surface area (Å²) in [7, 11) is 0. The minimum absolute atomic E-state index is 0.123. The fraction of sp³-hybridized carbons (Fsp3) is 0.143. The summed E-state index contributed by atoms with van der Waals surface area (Å²) >= 11 is 0. The molecule has 0 aliphatic rings. The molecule has 26 heavy (non-hydrogen) atoms. The van der Waals surface area contributed by atoms with Gasteiger partial charge in [0.25, 0.3) is 5.91 Å².